The standard InChI is InChI=1S/C16H17N5O3/c1-21(9-12-8-18-19-15(12)16(22)23-2)10-13-6-14(20-24-13)11-4-3-5-17-7-11/h3-8H,9-10H2,1-2H3,(H,18,19). The van der Waals surface area contributed by atoms with Crippen LogP contribution in [0.25, 0.3) is 11.3 Å². The Morgan fingerprint density at radius 2 is 2.25 bits per heavy atom. The van der Waals surface area contributed by atoms with E-state index in [0.29, 0.717) is 18.8 Å². The zero-order valence-corrected chi connectivity index (χ0v) is 13.4. The smallest absolute Gasteiger partial charge is 0.356 e. The van der Waals surface area contributed by atoms with Crippen LogP contribution in [-0.4, -0.2) is 45.4 Å². The van der Waals surface area contributed by atoms with E-state index in [9.17, 15) is 4.79 Å². The number of methoxy groups -OCH3 is 1. The van der Waals surface area contributed by atoms with Gasteiger partial charge in [-0.2, -0.15) is 5.10 Å². The van der Waals surface area contributed by atoms with Crippen LogP contribution in [0.2, 0.25) is 0 Å². The molecule has 0 saturated heterocycles. The van der Waals surface area contributed by atoms with Gasteiger partial charge in [0.15, 0.2) is 5.76 Å². The summed E-state index contributed by atoms with van der Waals surface area (Å²) in [5.41, 5.74) is 2.76. The molecule has 0 bridgehead atoms. The molecule has 3 rings (SSSR count). The summed E-state index contributed by atoms with van der Waals surface area (Å²) in [6, 6.07) is 5.65. The molecule has 0 saturated carbocycles. The number of ether oxygens (including phenoxy) is 1. The van der Waals surface area contributed by atoms with Crippen LogP contribution in [0.5, 0.6) is 0 Å². The van der Waals surface area contributed by atoms with E-state index in [1.165, 1.54) is 7.11 Å². The van der Waals surface area contributed by atoms with Crippen molar-refractivity contribution in [3.63, 3.8) is 0 Å². The number of esters is 1. The highest BCUT2D eigenvalue weighted by Gasteiger charge is 2.16. The summed E-state index contributed by atoms with van der Waals surface area (Å²) in [6.07, 6.45) is 5.06. The summed E-state index contributed by atoms with van der Waals surface area (Å²) in [6.45, 7) is 1.06. The summed E-state index contributed by atoms with van der Waals surface area (Å²) < 4.78 is 10.1. The minimum absolute atomic E-state index is 0.359. The number of hydrogen-bond donors (Lipinski definition) is 1. The van der Waals surface area contributed by atoms with Crippen molar-refractivity contribution in [2.24, 2.45) is 0 Å². The van der Waals surface area contributed by atoms with Gasteiger partial charge < -0.3 is 9.26 Å². The van der Waals surface area contributed by atoms with Crippen LogP contribution in [-0.2, 0) is 17.8 Å². The molecule has 0 radical (unpaired) electrons. The molecule has 1 N–H and O–H groups in total. The Morgan fingerprint density at radius 3 is 3.00 bits per heavy atom. The Balaban J connectivity index is 1.66. The van der Waals surface area contributed by atoms with Crippen molar-refractivity contribution >= 4 is 5.97 Å². The molecule has 124 valence electrons. The van der Waals surface area contributed by atoms with Gasteiger partial charge in [-0.3, -0.25) is 15.0 Å². The fourth-order valence-corrected chi connectivity index (χ4v) is 2.36. The molecular formula is C16H17N5O3. The number of carbonyl (C=O) groups excluding carboxylic acids is 1. The van der Waals surface area contributed by atoms with E-state index in [-0.39, 0.29) is 0 Å². The number of nitrogens with one attached hydrogen (secondary N) is 1. The molecule has 24 heavy (non-hydrogen) atoms. The molecule has 0 aromatic carbocycles. The average molecular weight is 327 g/mol. The third kappa shape index (κ3) is 3.49. The second-order valence-electron chi connectivity index (χ2n) is 5.35. The van der Waals surface area contributed by atoms with Gasteiger partial charge in [0.2, 0.25) is 0 Å². The van der Waals surface area contributed by atoms with Crippen LogP contribution >= 0.6 is 0 Å². The number of aromatic amines is 1. The molecule has 0 fully saturated rings. The molecule has 3 aromatic rings. The second-order valence-corrected chi connectivity index (χ2v) is 5.35. The maximum absolute atomic E-state index is 11.6. The lowest BCUT2D eigenvalue weighted by molar-refractivity contribution is 0.0591. The third-order valence-electron chi connectivity index (χ3n) is 3.49. The maximum Gasteiger partial charge on any atom is 0.356 e. The first kappa shape index (κ1) is 15.9. The molecule has 0 atom stereocenters. The Labute approximate surface area is 138 Å². The van der Waals surface area contributed by atoms with Gasteiger partial charge in [-0.05, 0) is 19.2 Å². The molecule has 3 aromatic heterocycles. The first-order valence-corrected chi connectivity index (χ1v) is 7.32. The number of rotatable bonds is 6. The van der Waals surface area contributed by atoms with E-state index in [1.54, 1.807) is 18.6 Å². The van der Waals surface area contributed by atoms with E-state index < -0.39 is 5.97 Å². The van der Waals surface area contributed by atoms with Crippen molar-refractivity contribution in [1.29, 1.82) is 0 Å². The highest BCUT2D eigenvalue weighted by atomic mass is 16.5. The highest BCUT2D eigenvalue weighted by molar-refractivity contribution is 5.88. The number of hydrogen-bond acceptors (Lipinski definition) is 7. The summed E-state index contributed by atoms with van der Waals surface area (Å²) >= 11 is 0. The van der Waals surface area contributed by atoms with E-state index in [2.05, 4.69) is 20.3 Å². The predicted octanol–water partition coefficient (Wildman–Crippen LogP) is 1.88. The van der Waals surface area contributed by atoms with Gasteiger partial charge in [0, 0.05) is 36.1 Å². The number of carbonyl (C=O) groups is 1. The topological polar surface area (TPSA) is 97.1 Å². The largest absolute Gasteiger partial charge is 0.464 e. The van der Waals surface area contributed by atoms with Crippen molar-refractivity contribution in [3.8, 4) is 11.3 Å². The monoisotopic (exact) mass is 327 g/mol. The van der Waals surface area contributed by atoms with Crippen LogP contribution in [0.3, 0.4) is 0 Å². The van der Waals surface area contributed by atoms with Gasteiger partial charge in [0.1, 0.15) is 11.4 Å². The number of pyridine rings is 1. The minimum Gasteiger partial charge on any atom is -0.464 e. The fourth-order valence-electron chi connectivity index (χ4n) is 2.36. The van der Waals surface area contributed by atoms with Crippen LogP contribution in [0.15, 0.2) is 41.3 Å². The van der Waals surface area contributed by atoms with E-state index >= 15 is 0 Å². The fraction of sp³-hybridized carbons (Fsp3) is 0.250. The van der Waals surface area contributed by atoms with Crippen LogP contribution < -0.4 is 0 Å². The van der Waals surface area contributed by atoms with Gasteiger partial charge in [-0.15, -0.1) is 0 Å². The van der Waals surface area contributed by atoms with Crippen LogP contribution in [0, 0.1) is 0 Å². The zero-order chi connectivity index (χ0) is 16.9. The molecule has 0 unspecified atom stereocenters. The lowest BCUT2D eigenvalue weighted by Crippen LogP contribution is -2.18. The Morgan fingerprint density at radius 1 is 1.38 bits per heavy atom. The van der Waals surface area contributed by atoms with Gasteiger partial charge in [0.25, 0.3) is 0 Å². The Bertz CT molecular complexity index is 812. The predicted molar refractivity (Wildman–Crippen MR) is 84.8 cm³/mol. The Hall–Kier alpha value is -3.00. The summed E-state index contributed by atoms with van der Waals surface area (Å²) in [7, 11) is 3.26. The van der Waals surface area contributed by atoms with E-state index in [1.807, 2.05) is 30.1 Å². The molecule has 3 heterocycles. The van der Waals surface area contributed by atoms with Crippen molar-refractivity contribution in [3.05, 3.63) is 53.8 Å². The lowest BCUT2D eigenvalue weighted by atomic mass is 10.2. The van der Waals surface area contributed by atoms with Gasteiger partial charge in [-0.1, -0.05) is 5.16 Å². The summed E-state index contributed by atoms with van der Waals surface area (Å²) in [5.74, 6) is 0.286. The van der Waals surface area contributed by atoms with Gasteiger partial charge >= 0.3 is 5.97 Å². The van der Waals surface area contributed by atoms with E-state index in [0.717, 1.165) is 22.6 Å². The molecule has 0 spiro atoms. The average Bonchev–Trinajstić information content (AvgIpc) is 3.24. The van der Waals surface area contributed by atoms with Crippen molar-refractivity contribution in [2.75, 3.05) is 14.2 Å². The number of aromatic nitrogens is 4. The molecule has 0 aliphatic rings. The van der Waals surface area contributed by atoms with Crippen molar-refractivity contribution in [1.82, 2.24) is 25.2 Å². The molecule has 0 aliphatic carbocycles. The van der Waals surface area contributed by atoms with Crippen LogP contribution in [0.1, 0.15) is 21.8 Å². The quantitative estimate of drug-likeness (QED) is 0.690. The Kier molecular flexibility index (Phi) is 4.66. The SMILES string of the molecule is COC(=O)c1[nH]ncc1CN(C)Cc1cc(-c2cccnc2)no1. The second kappa shape index (κ2) is 7.05. The number of nitrogens with zero attached hydrogens (tertiary/aromatic N) is 4. The van der Waals surface area contributed by atoms with Crippen molar-refractivity contribution in [2.45, 2.75) is 13.1 Å². The van der Waals surface area contributed by atoms with Crippen LogP contribution in [0.4, 0.5) is 0 Å². The third-order valence-corrected chi connectivity index (χ3v) is 3.49. The summed E-state index contributed by atoms with van der Waals surface area (Å²) in [4.78, 5) is 17.7. The first-order valence-electron chi connectivity index (χ1n) is 7.32. The molecule has 8 heteroatoms. The molecule has 0 amide bonds. The first-order chi connectivity index (χ1) is 11.7. The summed E-state index contributed by atoms with van der Waals surface area (Å²) in [5, 5.41) is 10.6. The minimum atomic E-state index is -0.436. The molecule has 0 aliphatic heterocycles. The normalized spacial score (nSPS) is 11.0. The molecular weight excluding hydrogens is 310 g/mol. The molecule has 8 nitrogen and oxygen atoms in total. The van der Waals surface area contributed by atoms with Crippen molar-refractivity contribution < 1.29 is 14.1 Å². The lowest BCUT2D eigenvalue weighted by Gasteiger charge is -2.14. The zero-order valence-electron chi connectivity index (χ0n) is 13.4. The van der Waals surface area contributed by atoms with Gasteiger partial charge in [0.05, 0.1) is 19.9 Å². The number of H-pyrrole nitrogens is 1. The van der Waals surface area contributed by atoms with E-state index in [4.69, 9.17) is 9.26 Å². The van der Waals surface area contributed by atoms with Gasteiger partial charge in [-0.25, -0.2) is 4.79 Å². The maximum atomic E-state index is 11.6. The highest BCUT2D eigenvalue weighted by Crippen LogP contribution is 2.19.